The molecule has 0 amide bonds. The van der Waals surface area contributed by atoms with Crippen LogP contribution in [0.25, 0.3) is 0 Å². The zero-order chi connectivity index (χ0) is 16.9. The molecule has 0 aromatic carbocycles. The van der Waals surface area contributed by atoms with Crippen LogP contribution in [0.15, 0.2) is 17.3 Å². The van der Waals surface area contributed by atoms with Gasteiger partial charge in [-0.3, -0.25) is 9.36 Å². The van der Waals surface area contributed by atoms with Crippen molar-refractivity contribution in [3.63, 3.8) is 0 Å². The third kappa shape index (κ3) is 5.71. The Morgan fingerprint density at radius 3 is 2.74 bits per heavy atom. The predicted molar refractivity (Wildman–Crippen MR) is 87.9 cm³/mol. The highest BCUT2D eigenvalue weighted by Crippen LogP contribution is 2.21. The van der Waals surface area contributed by atoms with Gasteiger partial charge in [-0.2, -0.15) is 0 Å². The van der Waals surface area contributed by atoms with Gasteiger partial charge in [0.15, 0.2) is 0 Å². The molecular formula is C15H25N3O4S. The van der Waals surface area contributed by atoms with E-state index < -0.39 is 16.1 Å². The molecule has 7 nitrogen and oxygen atoms in total. The monoisotopic (exact) mass is 343 g/mol. The number of sulfonamides is 1. The maximum atomic E-state index is 12.3. The maximum Gasteiger partial charge on any atom is 0.256 e. The van der Waals surface area contributed by atoms with E-state index in [2.05, 4.69) is 9.71 Å². The normalized spacial score (nSPS) is 18.0. The predicted octanol–water partition coefficient (Wildman–Crippen LogP) is 0.991. The minimum absolute atomic E-state index is 0.108. The van der Waals surface area contributed by atoms with Gasteiger partial charge in [0.1, 0.15) is 0 Å². The highest BCUT2D eigenvalue weighted by Gasteiger charge is 2.20. The van der Waals surface area contributed by atoms with Crippen LogP contribution in [-0.2, 0) is 14.8 Å². The Balaban J connectivity index is 2.10. The summed E-state index contributed by atoms with van der Waals surface area (Å²) in [5.41, 5.74) is 0.349. The van der Waals surface area contributed by atoms with Crippen LogP contribution < -0.4 is 10.3 Å². The van der Waals surface area contributed by atoms with E-state index in [1.165, 1.54) is 23.5 Å². The Hall–Kier alpha value is -1.25. The molecule has 1 unspecified atom stereocenters. The second-order valence-corrected chi connectivity index (χ2v) is 7.99. The molecule has 0 radical (unpaired) electrons. The number of aromatic nitrogens is 2. The molecule has 1 aliphatic rings. The summed E-state index contributed by atoms with van der Waals surface area (Å²) in [5.74, 6) is 0. The van der Waals surface area contributed by atoms with Crippen LogP contribution >= 0.6 is 0 Å². The van der Waals surface area contributed by atoms with Gasteiger partial charge in [-0.1, -0.05) is 19.3 Å². The fraction of sp³-hybridized carbons (Fsp3) is 0.733. The van der Waals surface area contributed by atoms with Gasteiger partial charge in [0.25, 0.3) is 5.56 Å². The van der Waals surface area contributed by atoms with Gasteiger partial charge < -0.3 is 4.74 Å². The van der Waals surface area contributed by atoms with Gasteiger partial charge in [-0.25, -0.2) is 18.1 Å². The summed E-state index contributed by atoms with van der Waals surface area (Å²) in [4.78, 5) is 16.3. The standard InChI is InChI=1S/C15H25N3O4S/c1-12-8-16-11-18(15(12)19)13(9-17-23(2,20)21)10-22-14-6-4-3-5-7-14/h8,11,13-14,17H,3-7,9-10H2,1-2H3. The van der Waals surface area contributed by atoms with E-state index in [1.54, 1.807) is 6.92 Å². The number of nitrogens with zero attached hydrogens (tertiary/aromatic N) is 2. The van der Waals surface area contributed by atoms with Gasteiger partial charge in [0, 0.05) is 18.3 Å². The molecule has 0 spiro atoms. The molecule has 1 aromatic rings. The smallest absolute Gasteiger partial charge is 0.256 e. The summed E-state index contributed by atoms with van der Waals surface area (Å²) in [6.45, 7) is 2.09. The minimum Gasteiger partial charge on any atom is -0.376 e. The van der Waals surface area contributed by atoms with Gasteiger partial charge in [-0.05, 0) is 19.8 Å². The van der Waals surface area contributed by atoms with Gasteiger partial charge in [0.05, 0.1) is 31.3 Å². The highest BCUT2D eigenvalue weighted by molar-refractivity contribution is 7.88. The van der Waals surface area contributed by atoms with Crippen LogP contribution in [0.5, 0.6) is 0 Å². The number of ether oxygens (including phenoxy) is 1. The maximum absolute atomic E-state index is 12.3. The van der Waals surface area contributed by atoms with Crippen LogP contribution in [-0.4, -0.2) is 43.5 Å². The summed E-state index contributed by atoms with van der Waals surface area (Å²) in [6.07, 6.45) is 9.82. The quantitative estimate of drug-likeness (QED) is 0.797. The van der Waals surface area contributed by atoms with Crippen LogP contribution in [0.2, 0.25) is 0 Å². The lowest BCUT2D eigenvalue weighted by molar-refractivity contribution is 0.0104. The van der Waals surface area contributed by atoms with E-state index in [1.807, 2.05) is 0 Å². The second kappa shape index (κ2) is 8.03. The number of hydrogen-bond acceptors (Lipinski definition) is 5. The van der Waals surface area contributed by atoms with Crippen LogP contribution in [0.4, 0.5) is 0 Å². The lowest BCUT2D eigenvalue weighted by atomic mass is 9.98. The molecule has 1 aromatic heterocycles. The van der Waals surface area contributed by atoms with Crippen molar-refractivity contribution in [1.82, 2.24) is 14.3 Å². The van der Waals surface area contributed by atoms with Crippen molar-refractivity contribution in [2.24, 2.45) is 0 Å². The Labute approximate surface area is 137 Å². The molecule has 1 atom stereocenters. The molecule has 1 heterocycles. The van der Waals surface area contributed by atoms with Crippen molar-refractivity contribution in [2.75, 3.05) is 19.4 Å². The first-order valence-electron chi connectivity index (χ1n) is 7.96. The molecule has 1 saturated carbocycles. The second-order valence-electron chi connectivity index (χ2n) is 6.16. The molecule has 130 valence electrons. The average molecular weight is 343 g/mol. The largest absolute Gasteiger partial charge is 0.376 e. The summed E-state index contributed by atoms with van der Waals surface area (Å²) >= 11 is 0. The molecular weight excluding hydrogens is 318 g/mol. The third-order valence-corrected chi connectivity index (χ3v) is 4.77. The topological polar surface area (TPSA) is 90.3 Å². The molecule has 1 N–H and O–H groups in total. The van der Waals surface area contributed by atoms with Crippen molar-refractivity contribution in [3.8, 4) is 0 Å². The lowest BCUT2D eigenvalue weighted by Crippen LogP contribution is -2.38. The van der Waals surface area contributed by atoms with E-state index in [-0.39, 0.29) is 24.8 Å². The fourth-order valence-corrected chi connectivity index (χ4v) is 3.25. The molecule has 0 bridgehead atoms. The zero-order valence-electron chi connectivity index (χ0n) is 13.7. The molecule has 23 heavy (non-hydrogen) atoms. The number of nitrogens with one attached hydrogen (secondary N) is 1. The summed E-state index contributed by atoms with van der Waals surface area (Å²) in [6, 6.07) is -0.411. The average Bonchev–Trinajstić information content (AvgIpc) is 2.51. The van der Waals surface area contributed by atoms with Gasteiger partial charge in [0.2, 0.25) is 10.0 Å². The first-order valence-corrected chi connectivity index (χ1v) is 9.85. The van der Waals surface area contributed by atoms with Crippen LogP contribution in [0, 0.1) is 6.92 Å². The Kier molecular flexibility index (Phi) is 6.32. The van der Waals surface area contributed by atoms with Gasteiger partial charge >= 0.3 is 0 Å². The number of hydrogen-bond donors (Lipinski definition) is 1. The van der Waals surface area contributed by atoms with E-state index >= 15 is 0 Å². The number of rotatable bonds is 7. The van der Waals surface area contributed by atoms with Crippen LogP contribution in [0.1, 0.15) is 43.7 Å². The van der Waals surface area contributed by atoms with Crippen molar-refractivity contribution < 1.29 is 13.2 Å². The van der Waals surface area contributed by atoms with E-state index in [4.69, 9.17) is 4.74 Å². The Morgan fingerprint density at radius 1 is 1.39 bits per heavy atom. The first-order chi connectivity index (χ1) is 10.9. The third-order valence-electron chi connectivity index (χ3n) is 4.08. The fourth-order valence-electron chi connectivity index (χ4n) is 2.75. The van der Waals surface area contributed by atoms with E-state index in [9.17, 15) is 13.2 Å². The van der Waals surface area contributed by atoms with Crippen molar-refractivity contribution in [2.45, 2.75) is 51.2 Å². The molecule has 2 rings (SSSR count). The molecule has 1 aliphatic carbocycles. The lowest BCUT2D eigenvalue weighted by Gasteiger charge is -2.26. The van der Waals surface area contributed by atoms with Crippen molar-refractivity contribution in [1.29, 1.82) is 0 Å². The van der Waals surface area contributed by atoms with Crippen LogP contribution in [0.3, 0.4) is 0 Å². The van der Waals surface area contributed by atoms with Crippen molar-refractivity contribution in [3.05, 3.63) is 28.4 Å². The summed E-state index contributed by atoms with van der Waals surface area (Å²) in [7, 11) is -3.33. The van der Waals surface area contributed by atoms with Crippen molar-refractivity contribution >= 4 is 10.0 Å². The molecule has 8 heteroatoms. The Morgan fingerprint density at radius 2 is 2.09 bits per heavy atom. The molecule has 1 fully saturated rings. The van der Waals surface area contributed by atoms with E-state index in [0.717, 1.165) is 31.9 Å². The summed E-state index contributed by atoms with van der Waals surface area (Å²) in [5, 5.41) is 0. The zero-order valence-corrected chi connectivity index (χ0v) is 14.5. The first kappa shape index (κ1) is 18.1. The molecule has 0 saturated heterocycles. The highest BCUT2D eigenvalue weighted by atomic mass is 32.2. The van der Waals surface area contributed by atoms with E-state index in [0.29, 0.717) is 5.56 Å². The number of aryl methyl sites for hydroxylation is 1. The summed E-state index contributed by atoms with van der Waals surface area (Å²) < 4.78 is 32.6. The van der Waals surface area contributed by atoms with Gasteiger partial charge in [-0.15, -0.1) is 0 Å². The minimum atomic E-state index is -3.33. The Bertz CT molecular complexity index is 666. The molecule has 0 aliphatic heterocycles. The SMILES string of the molecule is Cc1cncn(C(CNS(C)(=O)=O)COC2CCCCC2)c1=O.